The van der Waals surface area contributed by atoms with Crippen LogP contribution in [0, 0.1) is 11.3 Å². The van der Waals surface area contributed by atoms with Crippen LogP contribution in [0.3, 0.4) is 0 Å². The summed E-state index contributed by atoms with van der Waals surface area (Å²) in [7, 11) is 1.50. The number of nitrogens with two attached hydrogens (primary N) is 1. The van der Waals surface area contributed by atoms with Gasteiger partial charge in [-0.3, -0.25) is 0 Å². The van der Waals surface area contributed by atoms with Gasteiger partial charge in [0.05, 0.1) is 12.8 Å². The zero-order valence-corrected chi connectivity index (χ0v) is 16.1. The van der Waals surface area contributed by atoms with E-state index in [1.807, 2.05) is 25.1 Å². The normalized spacial score (nSPS) is 12.3. The van der Waals surface area contributed by atoms with E-state index in [1.165, 1.54) is 7.11 Å². The first-order valence-corrected chi connectivity index (χ1v) is 9.15. The third-order valence-electron chi connectivity index (χ3n) is 4.71. The minimum atomic E-state index is 0.153. The summed E-state index contributed by atoms with van der Waals surface area (Å²) < 4.78 is 16.3. The second kappa shape index (κ2) is 7.64. The SMILES string of the molecule is CCc1c(-c2ccc3c(c2)OCCO3)nc(N)c(C#N)c1-c1cnc(OC)nc1. The topological polar surface area (TPSA) is 116 Å². The fourth-order valence-electron chi connectivity index (χ4n) is 3.40. The summed E-state index contributed by atoms with van der Waals surface area (Å²) in [5, 5.41) is 9.73. The molecular weight excluding hydrogens is 370 g/mol. The first kappa shape index (κ1) is 18.5. The Bertz CT molecular complexity index is 1110. The summed E-state index contributed by atoms with van der Waals surface area (Å²) in [6, 6.07) is 8.08. The van der Waals surface area contributed by atoms with E-state index in [0.717, 1.165) is 11.1 Å². The van der Waals surface area contributed by atoms with Crippen LogP contribution in [0.25, 0.3) is 22.4 Å². The second-order valence-electron chi connectivity index (χ2n) is 6.36. The van der Waals surface area contributed by atoms with E-state index in [1.54, 1.807) is 12.4 Å². The number of nitriles is 1. The van der Waals surface area contributed by atoms with Gasteiger partial charge in [-0.2, -0.15) is 5.26 Å². The molecule has 2 N–H and O–H groups in total. The lowest BCUT2D eigenvalue weighted by atomic mass is 9.91. The van der Waals surface area contributed by atoms with Crippen molar-refractivity contribution in [1.82, 2.24) is 15.0 Å². The number of nitrogens with zero attached hydrogens (tertiary/aromatic N) is 4. The number of fused-ring (bicyclic) bond motifs is 1. The van der Waals surface area contributed by atoms with Gasteiger partial charge in [0.1, 0.15) is 30.7 Å². The largest absolute Gasteiger partial charge is 0.486 e. The number of ether oxygens (including phenoxy) is 3. The lowest BCUT2D eigenvalue weighted by Gasteiger charge is -2.20. The first-order valence-electron chi connectivity index (χ1n) is 9.15. The Hall–Kier alpha value is -3.86. The molecule has 3 aromatic rings. The Kier molecular flexibility index (Phi) is 4.87. The molecule has 0 atom stereocenters. The van der Waals surface area contributed by atoms with Crippen molar-refractivity contribution in [3.63, 3.8) is 0 Å². The van der Waals surface area contributed by atoms with E-state index in [4.69, 9.17) is 19.9 Å². The fourth-order valence-corrected chi connectivity index (χ4v) is 3.40. The van der Waals surface area contributed by atoms with Crippen molar-refractivity contribution in [2.24, 2.45) is 0 Å². The van der Waals surface area contributed by atoms with Gasteiger partial charge in [0.15, 0.2) is 11.5 Å². The summed E-state index contributed by atoms with van der Waals surface area (Å²) in [4.78, 5) is 12.9. The second-order valence-corrected chi connectivity index (χ2v) is 6.36. The zero-order valence-electron chi connectivity index (χ0n) is 16.1. The molecule has 1 aromatic carbocycles. The highest BCUT2D eigenvalue weighted by atomic mass is 16.6. The van der Waals surface area contributed by atoms with Crippen molar-refractivity contribution in [1.29, 1.82) is 5.26 Å². The maximum atomic E-state index is 9.73. The molecule has 0 saturated carbocycles. The maximum Gasteiger partial charge on any atom is 0.316 e. The van der Waals surface area contributed by atoms with E-state index < -0.39 is 0 Å². The molecule has 0 fully saturated rings. The Morgan fingerprint density at radius 2 is 1.86 bits per heavy atom. The van der Waals surface area contributed by atoms with Gasteiger partial charge in [0.25, 0.3) is 0 Å². The number of nitrogen functional groups attached to an aromatic ring is 1. The van der Waals surface area contributed by atoms with E-state index in [-0.39, 0.29) is 11.8 Å². The van der Waals surface area contributed by atoms with Crippen molar-refractivity contribution in [2.45, 2.75) is 13.3 Å². The summed E-state index contributed by atoms with van der Waals surface area (Å²) >= 11 is 0. The molecule has 0 bridgehead atoms. The Morgan fingerprint density at radius 1 is 1.14 bits per heavy atom. The molecule has 0 unspecified atom stereocenters. The molecule has 8 heteroatoms. The number of methoxy groups -OCH3 is 1. The van der Waals surface area contributed by atoms with E-state index >= 15 is 0 Å². The zero-order chi connectivity index (χ0) is 20.4. The van der Waals surface area contributed by atoms with Crippen molar-refractivity contribution in [2.75, 3.05) is 26.1 Å². The summed E-state index contributed by atoms with van der Waals surface area (Å²) in [6.07, 6.45) is 3.87. The van der Waals surface area contributed by atoms with Gasteiger partial charge in [0, 0.05) is 29.1 Å². The Balaban J connectivity index is 1.94. The maximum absolute atomic E-state index is 9.73. The van der Waals surface area contributed by atoms with Crippen LogP contribution >= 0.6 is 0 Å². The number of hydrogen-bond acceptors (Lipinski definition) is 8. The van der Waals surface area contributed by atoms with Gasteiger partial charge >= 0.3 is 6.01 Å². The van der Waals surface area contributed by atoms with Crippen LogP contribution < -0.4 is 19.9 Å². The van der Waals surface area contributed by atoms with Gasteiger partial charge in [-0.1, -0.05) is 6.92 Å². The smallest absolute Gasteiger partial charge is 0.316 e. The van der Waals surface area contributed by atoms with Crippen molar-refractivity contribution in [3.8, 4) is 46.0 Å². The van der Waals surface area contributed by atoms with Gasteiger partial charge in [0.2, 0.25) is 0 Å². The number of anilines is 1. The monoisotopic (exact) mass is 389 g/mol. The molecule has 0 saturated heterocycles. The van der Waals surface area contributed by atoms with Crippen LogP contribution in [0.5, 0.6) is 17.5 Å². The van der Waals surface area contributed by atoms with Gasteiger partial charge in [-0.25, -0.2) is 15.0 Å². The molecular formula is C21H19N5O3. The molecule has 0 radical (unpaired) electrons. The number of aromatic nitrogens is 3. The Labute approximate surface area is 167 Å². The molecule has 0 spiro atoms. The standard InChI is InChI=1S/C21H19N5O3/c1-3-14-18(13-10-24-21(27-2)25-11-13)15(9-22)20(23)26-19(14)12-4-5-16-17(8-12)29-7-6-28-16/h4-5,8,10-11H,3,6-7H2,1-2H3,(H2,23,26). The van der Waals surface area contributed by atoms with Crippen LogP contribution in [-0.4, -0.2) is 35.3 Å². The van der Waals surface area contributed by atoms with Gasteiger partial charge in [-0.05, 0) is 30.2 Å². The summed E-state index contributed by atoms with van der Waals surface area (Å²) in [5.74, 6) is 1.51. The average Bonchev–Trinajstić information content (AvgIpc) is 2.78. The molecule has 3 heterocycles. The third kappa shape index (κ3) is 3.27. The lowest BCUT2D eigenvalue weighted by molar-refractivity contribution is 0.171. The average molecular weight is 389 g/mol. The quantitative estimate of drug-likeness (QED) is 0.724. The van der Waals surface area contributed by atoms with Crippen LogP contribution in [0.2, 0.25) is 0 Å². The predicted molar refractivity (Wildman–Crippen MR) is 107 cm³/mol. The minimum Gasteiger partial charge on any atom is -0.486 e. The van der Waals surface area contributed by atoms with Crippen LogP contribution in [0.1, 0.15) is 18.1 Å². The molecule has 29 heavy (non-hydrogen) atoms. The predicted octanol–water partition coefficient (Wildman–Crippen LogP) is 3.00. The Morgan fingerprint density at radius 3 is 2.52 bits per heavy atom. The van der Waals surface area contributed by atoms with Crippen LogP contribution in [0.4, 0.5) is 5.82 Å². The molecule has 8 nitrogen and oxygen atoms in total. The molecule has 0 aliphatic carbocycles. The van der Waals surface area contributed by atoms with Crippen LogP contribution in [0.15, 0.2) is 30.6 Å². The molecule has 4 rings (SSSR count). The molecule has 0 amide bonds. The van der Waals surface area contributed by atoms with E-state index in [0.29, 0.717) is 53.5 Å². The van der Waals surface area contributed by atoms with Crippen molar-refractivity contribution < 1.29 is 14.2 Å². The van der Waals surface area contributed by atoms with Crippen LogP contribution in [-0.2, 0) is 6.42 Å². The summed E-state index contributed by atoms with van der Waals surface area (Å²) in [5.41, 5.74) is 10.2. The molecule has 146 valence electrons. The summed E-state index contributed by atoms with van der Waals surface area (Å²) in [6.45, 7) is 3.02. The van der Waals surface area contributed by atoms with Crippen molar-refractivity contribution in [3.05, 3.63) is 41.7 Å². The lowest BCUT2D eigenvalue weighted by Crippen LogP contribution is -2.15. The number of rotatable bonds is 4. The van der Waals surface area contributed by atoms with E-state index in [2.05, 4.69) is 21.0 Å². The first-order chi connectivity index (χ1) is 14.2. The molecule has 1 aliphatic heterocycles. The highest BCUT2D eigenvalue weighted by molar-refractivity contribution is 5.84. The highest BCUT2D eigenvalue weighted by Gasteiger charge is 2.22. The van der Waals surface area contributed by atoms with Gasteiger partial charge < -0.3 is 19.9 Å². The molecule has 1 aliphatic rings. The fraction of sp³-hybridized carbons (Fsp3) is 0.238. The highest BCUT2D eigenvalue weighted by Crippen LogP contribution is 2.39. The van der Waals surface area contributed by atoms with Crippen molar-refractivity contribution >= 4 is 5.82 Å². The number of hydrogen-bond donors (Lipinski definition) is 1. The number of pyridine rings is 1. The molecule has 2 aromatic heterocycles. The van der Waals surface area contributed by atoms with E-state index in [9.17, 15) is 5.26 Å². The van der Waals surface area contributed by atoms with Gasteiger partial charge in [-0.15, -0.1) is 0 Å². The number of benzene rings is 1. The minimum absolute atomic E-state index is 0.153. The third-order valence-corrected chi connectivity index (χ3v) is 4.71.